The zero-order chi connectivity index (χ0) is 22.7. The Balaban J connectivity index is 1.52. The molecule has 1 aromatic heterocycles. The van der Waals surface area contributed by atoms with Gasteiger partial charge in [-0.15, -0.1) is 0 Å². The topological polar surface area (TPSA) is 85.8 Å². The summed E-state index contributed by atoms with van der Waals surface area (Å²) in [5.74, 6) is 1.52. The molecular weight excluding hydrogens is 455 g/mol. The molecular formula is C22H22Cl2N4O4. The maximum atomic E-state index is 11.6. The normalized spacial score (nSPS) is 16.1. The van der Waals surface area contributed by atoms with E-state index in [9.17, 15) is 4.79 Å². The molecule has 0 aliphatic carbocycles. The average molecular weight is 477 g/mol. The molecule has 0 bridgehead atoms. The fraction of sp³-hybridized carbons (Fsp3) is 0.318. The molecule has 4 rings (SSSR count). The SMILES string of the molecule is COc1cc2cnc(Nc3ccc(Cl)c(Cl)c3)nc2cc1OCC1CN(C(C)=O)CCO1. The molecule has 0 spiro atoms. The molecule has 1 aliphatic heterocycles. The number of hydrogen-bond acceptors (Lipinski definition) is 7. The summed E-state index contributed by atoms with van der Waals surface area (Å²) in [5, 5.41) is 4.82. The van der Waals surface area contributed by atoms with Gasteiger partial charge in [-0.25, -0.2) is 9.97 Å². The van der Waals surface area contributed by atoms with E-state index in [0.717, 1.165) is 5.39 Å². The van der Waals surface area contributed by atoms with Gasteiger partial charge in [0.25, 0.3) is 0 Å². The Labute approximate surface area is 195 Å². The highest BCUT2D eigenvalue weighted by atomic mass is 35.5. The van der Waals surface area contributed by atoms with E-state index in [2.05, 4.69) is 15.3 Å². The minimum absolute atomic E-state index is 0.0280. The smallest absolute Gasteiger partial charge is 0.227 e. The second-order valence-corrected chi connectivity index (χ2v) is 8.09. The van der Waals surface area contributed by atoms with Gasteiger partial charge in [0.2, 0.25) is 11.9 Å². The van der Waals surface area contributed by atoms with Gasteiger partial charge in [-0.05, 0) is 24.3 Å². The van der Waals surface area contributed by atoms with Crippen LogP contribution < -0.4 is 14.8 Å². The monoisotopic (exact) mass is 476 g/mol. The summed E-state index contributed by atoms with van der Waals surface area (Å²) in [5.41, 5.74) is 1.39. The first-order valence-electron chi connectivity index (χ1n) is 9.99. The third kappa shape index (κ3) is 5.15. The summed E-state index contributed by atoms with van der Waals surface area (Å²) in [7, 11) is 1.57. The fourth-order valence-corrected chi connectivity index (χ4v) is 3.66. The van der Waals surface area contributed by atoms with Crippen LogP contribution in [0.25, 0.3) is 10.9 Å². The van der Waals surface area contributed by atoms with E-state index in [1.807, 2.05) is 6.07 Å². The summed E-state index contributed by atoms with van der Waals surface area (Å²) in [6, 6.07) is 8.80. The van der Waals surface area contributed by atoms with E-state index in [1.165, 1.54) is 0 Å². The molecule has 10 heteroatoms. The third-order valence-electron chi connectivity index (χ3n) is 5.05. The number of halogens is 2. The number of carbonyl (C=O) groups excluding carboxylic acids is 1. The number of nitrogens with one attached hydrogen (secondary N) is 1. The lowest BCUT2D eigenvalue weighted by molar-refractivity contribution is -0.137. The minimum Gasteiger partial charge on any atom is -0.493 e. The molecule has 1 atom stereocenters. The lowest BCUT2D eigenvalue weighted by Gasteiger charge is -2.32. The molecule has 1 unspecified atom stereocenters. The summed E-state index contributed by atoms with van der Waals surface area (Å²) < 4.78 is 17.2. The molecule has 1 fully saturated rings. The van der Waals surface area contributed by atoms with Crippen molar-refractivity contribution < 1.29 is 19.0 Å². The molecule has 168 valence electrons. The number of morpholine rings is 1. The van der Waals surface area contributed by atoms with Crippen molar-refractivity contribution in [1.82, 2.24) is 14.9 Å². The highest BCUT2D eigenvalue weighted by molar-refractivity contribution is 6.42. The Bertz CT molecular complexity index is 1140. The molecule has 1 N–H and O–H groups in total. The number of methoxy groups -OCH3 is 1. The van der Waals surface area contributed by atoms with E-state index in [1.54, 1.807) is 49.4 Å². The molecule has 8 nitrogen and oxygen atoms in total. The largest absolute Gasteiger partial charge is 0.493 e. The summed E-state index contributed by atoms with van der Waals surface area (Å²) in [6.45, 7) is 3.41. The number of aromatic nitrogens is 2. The third-order valence-corrected chi connectivity index (χ3v) is 5.79. The Morgan fingerprint density at radius 3 is 2.84 bits per heavy atom. The maximum Gasteiger partial charge on any atom is 0.227 e. The average Bonchev–Trinajstić information content (AvgIpc) is 2.79. The van der Waals surface area contributed by atoms with Crippen molar-refractivity contribution in [2.75, 3.05) is 38.7 Å². The standard InChI is InChI=1S/C22H22Cl2N4O4/c1-13(29)28-5-6-31-16(11-28)12-32-21-9-19-14(7-20(21)30-2)10-25-22(27-19)26-15-3-4-17(23)18(24)8-15/h3-4,7-10,16H,5-6,11-12H2,1-2H3,(H,25,26,27). The summed E-state index contributed by atoms with van der Waals surface area (Å²) >= 11 is 12.1. The molecule has 1 aliphatic rings. The molecule has 2 aromatic carbocycles. The zero-order valence-electron chi connectivity index (χ0n) is 17.6. The van der Waals surface area contributed by atoms with E-state index in [4.69, 9.17) is 37.4 Å². The van der Waals surface area contributed by atoms with Crippen molar-refractivity contribution >= 4 is 51.6 Å². The van der Waals surface area contributed by atoms with E-state index >= 15 is 0 Å². The molecule has 1 saturated heterocycles. The van der Waals surface area contributed by atoms with Crippen LogP contribution in [0.2, 0.25) is 10.0 Å². The van der Waals surface area contributed by atoms with Gasteiger partial charge in [0.05, 0.1) is 35.8 Å². The quantitative estimate of drug-likeness (QED) is 0.566. The first-order chi connectivity index (χ1) is 15.4. The van der Waals surface area contributed by atoms with Gasteiger partial charge in [-0.3, -0.25) is 4.79 Å². The minimum atomic E-state index is -0.217. The van der Waals surface area contributed by atoms with Crippen LogP contribution in [-0.4, -0.2) is 60.3 Å². The maximum absolute atomic E-state index is 11.6. The van der Waals surface area contributed by atoms with Crippen molar-refractivity contribution in [1.29, 1.82) is 0 Å². The van der Waals surface area contributed by atoms with Gasteiger partial charge in [-0.1, -0.05) is 23.2 Å². The predicted octanol–water partition coefficient (Wildman–Crippen LogP) is 4.31. The van der Waals surface area contributed by atoms with Gasteiger partial charge < -0.3 is 24.4 Å². The van der Waals surface area contributed by atoms with Gasteiger partial charge in [-0.2, -0.15) is 0 Å². The Hall–Kier alpha value is -2.81. The van der Waals surface area contributed by atoms with Crippen molar-refractivity contribution in [3.63, 3.8) is 0 Å². The molecule has 3 aromatic rings. The number of benzene rings is 2. The van der Waals surface area contributed by atoms with Crippen molar-refractivity contribution in [2.45, 2.75) is 13.0 Å². The lowest BCUT2D eigenvalue weighted by Crippen LogP contribution is -2.46. The molecule has 2 heterocycles. The van der Waals surface area contributed by atoms with Crippen LogP contribution in [0, 0.1) is 0 Å². The van der Waals surface area contributed by atoms with E-state index < -0.39 is 0 Å². The number of carbonyl (C=O) groups is 1. The zero-order valence-corrected chi connectivity index (χ0v) is 19.1. The molecule has 1 amide bonds. The fourth-order valence-electron chi connectivity index (χ4n) is 3.36. The molecule has 0 radical (unpaired) electrons. The second kappa shape index (κ2) is 9.77. The highest BCUT2D eigenvalue weighted by Crippen LogP contribution is 2.33. The van der Waals surface area contributed by atoms with Crippen LogP contribution in [0.4, 0.5) is 11.6 Å². The van der Waals surface area contributed by atoms with Crippen LogP contribution in [0.5, 0.6) is 11.5 Å². The summed E-state index contributed by atoms with van der Waals surface area (Å²) in [4.78, 5) is 22.3. The Kier molecular flexibility index (Phi) is 6.83. The number of anilines is 2. The van der Waals surface area contributed by atoms with Gasteiger partial charge in [0, 0.05) is 36.8 Å². The molecule has 0 saturated carbocycles. The highest BCUT2D eigenvalue weighted by Gasteiger charge is 2.23. The van der Waals surface area contributed by atoms with Crippen LogP contribution in [-0.2, 0) is 9.53 Å². The number of hydrogen-bond donors (Lipinski definition) is 1. The van der Waals surface area contributed by atoms with Crippen LogP contribution in [0.3, 0.4) is 0 Å². The van der Waals surface area contributed by atoms with Gasteiger partial charge in [0.15, 0.2) is 11.5 Å². The van der Waals surface area contributed by atoms with Crippen LogP contribution >= 0.6 is 23.2 Å². The Morgan fingerprint density at radius 2 is 2.09 bits per heavy atom. The van der Waals surface area contributed by atoms with Gasteiger partial charge in [0.1, 0.15) is 12.7 Å². The number of nitrogens with zero attached hydrogens (tertiary/aromatic N) is 3. The number of ether oxygens (including phenoxy) is 3. The van der Waals surface area contributed by atoms with E-state index in [-0.39, 0.29) is 18.6 Å². The Morgan fingerprint density at radius 1 is 1.25 bits per heavy atom. The number of fused-ring (bicyclic) bond motifs is 1. The van der Waals surface area contributed by atoms with Crippen molar-refractivity contribution in [3.8, 4) is 11.5 Å². The van der Waals surface area contributed by atoms with Crippen molar-refractivity contribution in [2.24, 2.45) is 0 Å². The number of amides is 1. The van der Waals surface area contributed by atoms with Gasteiger partial charge >= 0.3 is 0 Å². The lowest BCUT2D eigenvalue weighted by atomic mass is 10.2. The number of rotatable bonds is 6. The summed E-state index contributed by atoms with van der Waals surface area (Å²) in [6.07, 6.45) is 1.48. The molecule has 32 heavy (non-hydrogen) atoms. The van der Waals surface area contributed by atoms with Crippen LogP contribution in [0.15, 0.2) is 36.5 Å². The first-order valence-corrected chi connectivity index (χ1v) is 10.8. The van der Waals surface area contributed by atoms with E-state index in [0.29, 0.717) is 58.4 Å². The predicted molar refractivity (Wildman–Crippen MR) is 123 cm³/mol. The van der Waals surface area contributed by atoms with Crippen LogP contribution in [0.1, 0.15) is 6.92 Å². The second-order valence-electron chi connectivity index (χ2n) is 7.28. The van der Waals surface area contributed by atoms with Crippen molar-refractivity contribution in [3.05, 3.63) is 46.6 Å². The first kappa shape index (κ1) is 22.4.